The number of hydrogen-bond acceptors (Lipinski definition) is 3. The van der Waals surface area contributed by atoms with Crippen LogP contribution in [0.4, 0.5) is 0 Å². The number of fused-ring (bicyclic) bond motifs is 1. The molecular formula is C17H24N2OS. The highest BCUT2D eigenvalue weighted by Crippen LogP contribution is 2.53. The Hall–Kier alpha value is -1.00. The Bertz CT molecular complexity index is 566. The smallest absolute Gasteiger partial charge is 0.228 e. The largest absolute Gasteiger partial charge is 0.352 e. The summed E-state index contributed by atoms with van der Waals surface area (Å²) in [7, 11) is 0. The van der Waals surface area contributed by atoms with Crippen molar-refractivity contribution in [2.75, 3.05) is 5.75 Å². The van der Waals surface area contributed by atoms with E-state index in [1.807, 2.05) is 12.1 Å². The summed E-state index contributed by atoms with van der Waals surface area (Å²) in [5.74, 6) is 0.949. The summed E-state index contributed by atoms with van der Waals surface area (Å²) in [5, 5.41) is 3.28. The van der Waals surface area contributed by atoms with Crippen LogP contribution in [-0.4, -0.2) is 23.7 Å². The summed E-state index contributed by atoms with van der Waals surface area (Å²) in [5.41, 5.74) is 7.34. The van der Waals surface area contributed by atoms with Gasteiger partial charge in [0.15, 0.2) is 0 Å². The van der Waals surface area contributed by atoms with Crippen molar-refractivity contribution in [3.05, 3.63) is 29.8 Å². The number of carbonyl (C=O) groups is 1. The molecule has 0 radical (unpaired) electrons. The van der Waals surface area contributed by atoms with E-state index >= 15 is 0 Å². The van der Waals surface area contributed by atoms with Gasteiger partial charge in [-0.25, -0.2) is 0 Å². The van der Waals surface area contributed by atoms with Crippen LogP contribution in [0.1, 0.15) is 39.2 Å². The zero-order valence-electron chi connectivity index (χ0n) is 13.1. The van der Waals surface area contributed by atoms with Gasteiger partial charge in [-0.05, 0) is 11.6 Å². The van der Waals surface area contributed by atoms with Crippen LogP contribution in [0, 0.1) is 10.8 Å². The normalized spacial score (nSPS) is 32.1. The van der Waals surface area contributed by atoms with E-state index in [9.17, 15) is 4.79 Å². The molecule has 1 unspecified atom stereocenters. The molecule has 4 heteroatoms. The lowest BCUT2D eigenvalue weighted by atomic mass is 9.48. The number of nitrogens with two attached hydrogens (primary N) is 1. The number of benzene rings is 1. The maximum absolute atomic E-state index is 12.7. The lowest BCUT2D eigenvalue weighted by molar-refractivity contribution is -0.133. The average Bonchev–Trinajstić information content (AvgIpc) is 2.87. The molecule has 0 aromatic heterocycles. The van der Waals surface area contributed by atoms with Crippen molar-refractivity contribution in [1.29, 1.82) is 0 Å². The Morgan fingerprint density at radius 3 is 2.52 bits per heavy atom. The molecule has 0 spiro atoms. The molecule has 0 bridgehead atoms. The van der Waals surface area contributed by atoms with Crippen molar-refractivity contribution < 1.29 is 4.79 Å². The van der Waals surface area contributed by atoms with Gasteiger partial charge in [-0.2, -0.15) is 0 Å². The predicted octanol–water partition coefficient (Wildman–Crippen LogP) is 2.75. The van der Waals surface area contributed by atoms with Gasteiger partial charge in [-0.3, -0.25) is 4.79 Å². The van der Waals surface area contributed by atoms with Gasteiger partial charge in [0, 0.05) is 33.6 Å². The van der Waals surface area contributed by atoms with E-state index in [0.717, 1.165) is 5.75 Å². The maximum atomic E-state index is 12.7. The summed E-state index contributed by atoms with van der Waals surface area (Å²) in [6.07, 6.45) is 0. The van der Waals surface area contributed by atoms with Crippen LogP contribution < -0.4 is 11.1 Å². The molecule has 1 aliphatic heterocycles. The van der Waals surface area contributed by atoms with Crippen molar-refractivity contribution in [2.24, 2.45) is 16.6 Å². The summed E-state index contributed by atoms with van der Waals surface area (Å²) in [6, 6.07) is 8.45. The number of thioether (sulfide) groups is 1. The molecule has 2 aliphatic rings. The van der Waals surface area contributed by atoms with Gasteiger partial charge < -0.3 is 11.1 Å². The third kappa shape index (κ3) is 2.11. The van der Waals surface area contributed by atoms with Gasteiger partial charge in [0.05, 0.1) is 5.92 Å². The van der Waals surface area contributed by atoms with E-state index in [0.29, 0.717) is 0 Å². The highest BCUT2D eigenvalue weighted by atomic mass is 32.2. The molecule has 3 N–H and O–H groups in total. The lowest BCUT2D eigenvalue weighted by Crippen LogP contribution is -2.76. The van der Waals surface area contributed by atoms with Crippen LogP contribution in [-0.2, 0) is 4.79 Å². The lowest BCUT2D eigenvalue weighted by Gasteiger charge is -2.63. The topological polar surface area (TPSA) is 55.1 Å². The first-order chi connectivity index (χ1) is 9.76. The molecule has 3 rings (SSSR count). The Kier molecular flexibility index (Phi) is 3.37. The first-order valence-corrected chi connectivity index (χ1v) is 8.52. The number of rotatable bonds is 2. The van der Waals surface area contributed by atoms with Gasteiger partial charge in [0.25, 0.3) is 0 Å². The van der Waals surface area contributed by atoms with Crippen LogP contribution in [0.3, 0.4) is 0 Å². The molecule has 3 nitrogen and oxygen atoms in total. The van der Waals surface area contributed by atoms with E-state index < -0.39 is 0 Å². The van der Waals surface area contributed by atoms with Gasteiger partial charge in [-0.1, -0.05) is 45.9 Å². The third-order valence-electron chi connectivity index (χ3n) is 5.39. The second kappa shape index (κ2) is 4.75. The van der Waals surface area contributed by atoms with Crippen molar-refractivity contribution in [3.63, 3.8) is 0 Å². The van der Waals surface area contributed by atoms with Crippen LogP contribution >= 0.6 is 11.8 Å². The maximum Gasteiger partial charge on any atom is 0.228 e. The fourth-order valence-corrected chi connectivity index (χ4v) is 5.40. The molecule has 1 saturated carbocycles. The van der Waals surface area contributed by atoms with E-state index in [-0.39, 0.29) is 34.7 Å². The first kappa shape index (κ1) is 14.9. The first-order valence-electron chi connectivity index (χ1n) is 7.54. The molecule has 1 atom stereocenters. The quantitative estimate of drug-likeness (QED) is 0.883. The second-order valence-corrected chi connectivity index (χ2v) is 8.53. The predicted molar refractivity (Wildman–Crippen MR) is 87.4 cm³/mol. The minimum Gasteiger partial charge on any atom is -0.352 e. The number of carbonyl (C=O) groups excluding carboxylic acids is 1. The van der Waals surface area contributed by atoms with Crippen molar-refractivity contribution in [1.82, 2.24) is 5.32 Å². The van der Waals surface area contributed by atoms with Crippen molar-refractivity contribution in [2.45, 2.75) is 50.6 Å². The number of hydrogen-bond donors (Lipinski definition) is 2. The standard InChI is InChI=1S/C17H24N2OS/c1-16(2)14(18)17(3,4)15(16)19-13(20)11-9-21-12-8-6-5-7-10(11)12/h5-8,11,14-15H,9,18H2,1-4H3,(H,19,20). The summed E-state index contributed by atoms with van der Waals surface area (Å²) in [4.78, 5) is 14.0. The minimum atomic E-state index is -0.0512. The zero-order valence-corrected chi connectivity index (χ0v) is 14.0. The van der Waals surface area contributed by atoms with Crippen LogP contribution in [0.5, 0.6) is 0 Å². The summed E-state index contributed by atoms with van der Waals surface area (Å²) in [6.45, 7) is 8.58. The van der Waals surface area contributed by atoms with Gasteiger partial charge in [0.2, 0.25) is 5.91 Å². The molecule has 1 aliphatic carbocycles. The Balaban J connectivity index is 1.77. The fraction of sp³-hybridized carbons (Fsp3) is 0.588. The molecule has 0 saturated heterocycles. The van der Waals surface area contributed by atoms with Gasteiger partial charge in [0.1, 0.15) is 0 Å². The fourth-order valence-electron chi connectivity index (χ4n) is 4.18. The van der Waals surface area contributed by atoms with E-state index in [1.54, 1.807) is 11.8 Å². The minimum absolute atomic E-state index is 0.0328. The zero-order chi connectivity index (χ0) is 15.4. The van der Waals surface area contributed by atoms with Crippen LogP contribution in [0.15, 0.2) is 29.2 Å². The Morgan fingerprint density at radius 1 is 1.24 bits per heavy atom. The van der Waals surface area contributed by atoms with Gasteiger partial charge in [-0.15, -0.1) is 11.8 Å². The number of nitrogens with one attached hydrogen (secondary N) is 1. The van der Waals surface area contributed by atoms with Gasteiger partial charge >= 0.3 is 0 Å². The molecule has 1 heterocycles. The van der Waals surface area contributed by atoms with Crippen molar-refractivity contribution >= 4 is 17.7 Å². The molecular weight excluding hydrogens is 280 g/mol. The number of amides is 1. The highest BCUT2D eigenvalue weighted by molar-refractivity contribution is 7.99. The molecule has 1 amide bonds. The van der Waals surface area contributed by atoms with Crippen LogP contribution in [0.25, 0.3) is 0 Å². The van der Waals surface area contributed by atoms with E-state index in [2.05, 4.69) is 45.1 Å². The summed E-state index contributed by atoms with van der Waals surface area (Å²) >= 11 is 1.77. The average molecular weight is 304 g/mol. The second-order valence-electron chi connectivity index (χ2n) is 7.46. The monoisotopic (exact) mass is 304 g/mol. The molecule has 21 heavy (non-hydrogen) atoms. The van der Waals surface area contributed by atoms with E-state index in [4.69, 9.17) is 5.73 Å². The highest BCUT2D eigenvalue weighted by Gasteiger charge is 2.60. The summed E-state index contributed by atoms with van der Waals surface area (Å²) < 4.78 is 0. The molecule has 1 aromatic rings. The molecule has 1 aromatic carbocycles. The SMILES string of the molecule is CC1(C)C(N)C(C)(C)C1NC(=O)C1CSc2ccccc21. The molecule has 114 valence electrons. The van der Waals surface area contributed by atoms with Crippen molar-refractivity contribution in [3.8, 4) is 0 Å². The Morgan fingerprint density at radius 2 is 1.86 bits per heavy atom. The Labute approximate surface area is 131 Å². The van der Waals surface area contributed by atoms with E-state index in [1.165, 1.54) is 10.5 Å². The third-order valence-corrected chi connectivity index (χ3v) is 6.58. The molecule has 1 fully saturated rings. The van der Waals surface area contributed by atoms with Crippen LogP contribution in [0.2, 0.25) is 0 Å².